The van der Waals surface area contributed by atoms with Gasteiger partial charge in [0.05, 0.1) is 29.1 Å². The van der Waals surface area contributed by atoms with Crippen molar-refractivity contribution in [1.82, 2.24) is 24.3 Å². The normalized spacial score (nSPS) is 18.3. The number of pyridine rings is 1. The number of rotatable bonds is 10. The van der Waals surface area contributed by atoms with Crippen LogP contribution >= 0.6 is 11.3 Å². The van der Waals surface area contributed by atoms with E-state index in [-0.39, 0.29) is 17.7 Å². The summed E-state index contributed by atoms with van der Waals surface area (Å²) in [5.74, 6) is 0.0130. The molecule has 0 bridgehead atoms. The molecular formula is C35H41N7O4S. The van der Waals surface area contributed by atoms with E-state index in [0.717, 1.165) is 70.8 Å². The van der Waals surface area contributed by atoms with Crippen LogP contribution in [0.4, 0.5) is 16.6 Å². The van der Waals surface area contributed by atoms with E-state index >= 15 is 0 Å². The lowest BCUT2D eigenvalue weighted by atomic mass is 9.91. The van der Waals surface area contributed by atoms with Gasteiger partial charge in [0.1, 0.15) is 11.5 Å². The highest BCUT2D eigenvalue weighted by Crippen LogP contribution is 2.37. The SMILES string of the molecule is CN(C)C1CCc2c(c3ccc(N(C(=O)CCCCCN4C(=O)C=CC4=O)c4ccc5nc(N6CCOCC6)sc5c4)nc3n2C)C1. The van der Waals surface area contributed by atoms with E-state index in [9.17, 15) is 14.4 Å². The molecule has 5 heterocycles. The minimum absolute atomic E-state index is 0.0456. The molecule has 0 saturated carbocycles. The molecule has 1 saturated heterocycles. The second kappa shape index (κ2) is 13.2. The Kier molecular flexibility index (Phi) is 8.82. The number of thiazole rings is 1. The maximum Gasteiger partial charge on any atom is 0.253 e. The third kappa shape index (κ3) is 6.17. The first-order valence-electron chi connectivity index (χ1n) is 16.5. The molecule has 12 heteroatoms. The van der Waals surface area contributed by atoms with E-state index in [1.165, 1.54) is 28.3 Å². The summed E-state index contributed by atoms with van der Waals surface area (Å²) in [6, 6.07) is 10.6. The fourth-order valence-corrected chi connectivity index (χ4v) is 8.04. The van der Waals surface area contributed by atoms with Gasteiger partial charge in [0.2, 0.25) is 5.91 Å². The molecule has 4 aromatic rings. The second-order valence-electron chi connectivity index (χ2n) is 12.8. The minimum atomic E-state index is -0.270. The van der Waals surface area contributed by atoms with Crippen molar-refractivity contribution in [3.63, 3.8) is 0 Å². The topological polar surface area (TPSA) is 104 Å². The Morgan fingerprint density at radius 2 is 1.81 bits per heavy atom. The molecule has 1 aromatic carbocycles. The molecule has 7 rings (SSSR count). The summed E-state index contributed by atoms with van der Waals surface area (Å²) in [6.45, 7) is 3.37. The Hall–Kier alpha value is -4.13. The number of benzene rings is 1. The molecule has 0 spiro atoms. The number of amides is 3. The smallest absolute Gasteiger partial charge is 0.253 e. The number of carbonyl (C=O) groups is 3. The van der Waals surface area contributed by atoms with Crippen molar-refractivity contribution in [2.75, 3.05) is 56.7 Å². The van der Waals surface area contributed by atoms with Gasteiger partial charge in [-0.3, -0.25) is 24.2 Å². The second-order valence-corrected chi connectivity index (χ2v) is 13.8. The summed E-state index contributed by atoms with van der Waals surface area (Å²) in [5.41, 5.74) is 5.25. The van der Waals surface area contributed by atoms with Gasteiger partial charge in [-0.15, -0.1) is 0 Å². The van der Waals surface area contributed by atoms with Crippen LogP contribution in [0.5, 0.6) is 0 Å². The van der Waals surface area contributed by atoms with Gasteiger partial charge >= 0.3 is 0 Å². The number of nitrogens with zero attached hydrogens (tertiary/aromatic N) is 7. The quantitative estimate of drug-likeness (QED) is 0.181. The zero-order valence-corrected chi connectivity index (χ0v) is 28.1. The zero-order chi connectivity index (χ0) is 32.7. The van der Waals surface area contributed by atoms with Gasteiger partial charge in [-0.05, 0) is 82.1 Å². The van der Waals surface area contributed by atoms with Crippen molar-refractivity contribution in [3.05, 3.63) is 53.7 Å². The fraction of sp³-hybridized carbons (Fsp3) is 0.457. The molecular weight excluding hydrogens is 614 g/mol. The minimum Gasteiger partial charge on any atom is -0.378 e. The summed E-state index contributed by atoms with van der Waals surface area (Å²) in [5, 5.41) is 2.12. The number of ether oxygens (including phenoxy) is 1. The number of unbranched alkanes of at least 4 members (excludes halogenated alkanes) is 2. The first-order chi connectivity index (χ1) is 22.8. The number of hydrogen-bond acceptors (Lipinski definition) is 9. The van der Waals surface area contributed by atoms with Crippen LogP contribution in [0.25, 0.3) is 21.3 Å². The van der Waals surface area contributed by atoms with Gasteiger partial charge in [-0.1, -0.05) is 17.8 Å². The van der Waals surface area contributed by atoms with Crippen LogP contribution in [0.2, 0.25) is 0 Å². The van der Waals surface area contributed by atoms with Crippen LogP contribution in [0.3, 0.4) is 0 Å². The molecule has 3 aliphatic rings. The first kappa shape index (κ1) is 31.5. The van der Waals surface area contributed by atoms with E-state index in [0.29, 0.717) is 50.9 Å². The number of anilines is 3. The number of fused-ring (bicyclic) bond motifs is 4. The highest BCUT2D eigenvalue weighted by atomic mass is 32.1. The number of imide groups is 1. The molecule has 2 aliphatic heterocycles. The molecule has 1 atom stereocenters. The Labute approximate surface area is 278 Å². The molecule has 11 nitrogen and oxygen atoms in total. The monoisotopic (exact) mass is 655 g/mol. The van der Waals surface area contributed by atoms with Crippen molar-refractivity contribution >= 4 is 66.9 Å². The molecule has 1 unspecified atom stereocenters. The van der Waals surface area contributed by atoms with Crippen LogP contribution in [0.15, 0.2) is 42.5 Å². The maximum absolute atomic E-state index is 14.1. The summed E-state index contributed by atoms with van der Waals surface area (Å²) < 4.78 is 8.75. The Bertz CT molecular complexity index is 1850. The lowest BCUT2D eigenvalue weighted by Crippen LogP contribution is -2.36. The predicted molar refractivity (Wildman–Crippen MR) is 184 cm³/mol. The fourth-order valence-electron chi connectivity index (χ4n) is 6.99. The largest absolute Gasteiger partial charge is 0.378 e. The van der Waals surface area contributed by atoms with Gasteiger partial charge in [-0.25, -0.2) is 9.97 Å². The molecule has 0 radical (unpaired) electrons. The van der Waals surface area contributed by atoms with Crippen LogP contribution < -0.4 is 9.80 Å². The zero-order valence-electron chi connectivity index (χ0n) is 27.3. The average molecular weight is 656 g/mol. The van der Waals surface area contributed by atoms with Gasteiger partial charge in [0.25, 0.3) is 11.8 Å². The van der Waals surface area contributed by atoms with Crippen LogP contribution in [-0.4, -0.2) is 95.0 Å². The molecule has 0 N–H and O–H groups in total. The Morgan fingerprint density at radius 1 is 1.02 bits per heavy atom. The number of aromatic nitrogens is 3. The van der Waals surface area contributed by atoms with Crippen LogP contribution in [0, 0.1) is 0 Å². The molecule has 246 valence electrons. The van der Waals surface area contributed by atoms with Crippen molar-refractivity contribution in [2.45, 2.75) is 51.0 Å². The predicted octanol–water partition coefficient (Wildman–Crippen LogP) is 4.59. The number of hydrogen-bond donors (Lipinski definition) is 0. The van der Waals surface area contributed by atoms with Gasteiger partial charge in [-0.2, -0.15) is 0 Å². The van der Waals surface area contributed by atoms with Gasteiger partial charge in [0, 0.05) is 62.4 Å². The van der Waals surface area contributed by atoms with E-state index in [1.54, 1.807) is 16.2 Å². The standard InChI is InChI=1S/C35H41N7O4S/c1-38(2)23-9-12-28-26(21-23)25-10-13-30(37-34(25)39(28)3)42(33(45)7-5-4-6-16-41-31(43)14-15-32(41)44)24-8-11-27-29(22-24)47-35(36-27)40-17-19-46-20-18-40/h8,10-11,13-15,22-23H,4-7,9,12,16-21H2,1-3H3. The molecule has 1 fully saturated rings. The van der Waals surface area contributed by atoms with E-state index < -0.39 is 0 Å². The lowest BCUT2D eigenvalue weighted by molar-refractivity contribution is -0.136. The van der Waals surface area contributed by atoms with Crippen molar-refractivity contribution < 1.29 is 19.1 Å². The van der Waals surface area contributed by atoms with Gasteiger partial charge in [0.15, 0.2) is 5.13 Å². The van der Waals surface area contributed by atoms with Crippen molar-refractivity contribution in [3.8, 4) is 0 Å². The third-order valence-electron chi connectivity index (χ3n) is 9.69. The van der Waals surface area contributed by atoms with Crippen LogP contribution in [-0.2, 0) is 39.0 Å². The number of aryl methyl sites for hydroxylation is 1. The number of likely N-dealkylation sites (N-methyl/N-ethyl adjacent to an activating group) is 1. The van der Waals surface area contributed by atoms with E-state index in [2.05, 4.69) is 47.6 Å². The molecule has 1 aliphatic carbocycles. The highest BCUT2D eigenvalue weighted by molar-refractivity contribution is 7.22. The van der Waals surface area contributed by atoms with Gasteiger partial charge < -0.3 is 19.1 Å². The van der Waals surface area contributed by atoms with Crippen molar-refractivity contribution in [2.24, 2.45) is 7.05 Å². The van der Waals surface area contributed by atoms with E-state index in [1.807, 2.05) is 18.2 Å². The first-order valence-corrected chi connectivity index (χ1v) is 17.3. The molecule has 47 heavy (non-hydrogen) atoms. The lowest BCUT2D eigenvalue weighted by Gasteiger charge is -2.28. The summed E-state index contributed by atoms with van der Waals surface area (Å²) in [7, 11) is 6.38. The number of morpholine rings is 1. The summed E-state index contributed by atoms with van der Waals surface area (Å²) >= 11 is 1.63. The molecule has 3 aromatic heterocycles. The van der Waals surface area contributed by atoms with E-state index in [4.69, 9.17) is 14.7 Å². The van der Waals surface area contributed by atoms with Crippen LogP contribution in [0.1, 0.15) is 43.4 Å². The summed E-state index contributed by atoms with van der Waals surface area (Å²) in [6.07, 6.45) is 8.03. The Balaban J connectivity index is 1.17. The number of carbonyl (C=O) groups excluding carboxylic acids is 3. The average Bonchev–Trinajstić information content (AvgIpc) is 3.74. The summed E-state index contributed by atoms with van der Waals surface area (Å²) in [4.78, 5) is 55.5. The van der Waals surface area contributed by atoms with Crippen molar-refractivity contribution in [1.29, 1.82) is 0 Å². The Morgan fingerprint density at radius 3 is 2.57 bits per heavy atom. The third-order valence-corrected chi connectivity index (χ3v) is 10.8. The highest BCUT2D eigenvalue weighted by Gasteiger charge is 2.28. The molecule has 3 amide bonds. The maximum atomic E-state index is 14.1.